The monoisotopic (exact) mass is 646 g/mol. The number of nitrogens with zero attached hydrogens (tertiary/aromatic N) is 2. The Morgan fingerprint density at radius 2 is 1.86 bits per heavy atom. The number of fused-ring (bicyclic) bond motifs is 2. The summed E-state index contributed by atoms with van der Waals surface area (Å²) in [6.45, 7) is 0.805. The van der Waals surface area contributed by atoms with Crippen LogP contribution in [0.1, 0.15) is 53.8 Å². The quantitative estimate of drug-likeness (QED) is 0.335. The highest BCUT2D eigenvalue weighted by atomic mass is 32.2. The summed E-state index contributed by atoms with van der Waals surface area (Å²) in [5, 5.41) is 2.99. The molecule has 5 rings (SSSR count). The molecule has 0 radical (unpaired) electrons. The molecule has 11 nitrogen and oxygen atoms in total. The minimum absolute atomic E-state index is 0.00312. The first-order valence-corrected chi connectivity index (χ1v) is 18.2. The van der Waals surface area contributed by atoms with Crippen LogP contribution in [0.3, 0.4) is 0 Å². The van der Waals surface area contributed by atoms with Crippen LogP contribution in [-0.4, -0.2) is 84.7 Å². The highest BCUT2D eigenvalue weighted by Crippen LogP contribution is 2.59. The third-order valence-corrected chi connectivity index (χ3v) is 11.4. The van der Waals surface area contributed by atoms with Gasteiger partial charge in [0.05, 0.1) is 4.88 Å². The number of hydrogen-bond donors (Lipinski definition) is 4. The van der Waals surface area contributed by atoms with Crippen LogP contribution in [0, 0.1) is 10.7 Å². The molecule has 0 aliphatic carbocycles. The van der Waals surface area contributed by atoms with Crippen LogP contribution in [0.15, 0.2) is 24.3 Å². The number of carbonyl (C=O) groups is 3. The molecular weight excluding hydrogens is 613 g/mol. The summed E-state index contributed by atoms with van der Waals surface area (Å²) >= 11 is 1.00. The lowest BCUT2D eigenvalue weighted by Crippen LogP contribution is -2.60. The second kappa shape index (κ2) is 11.2. The maximum atomic E-state index is 14.2. The van der Waals surface area contributed by atoms with Gasteiger partial charge < -0.3 is 24.9 Å². The molecule has 4 heterocycles. The number of carbonyl (C=O) groups excluding carboxylic acids is 3. The summed E-state index contributed by atoms with van der Waals surface area (Å²) in [7, 11) is -8.42. The maximum absolute atomic E-state index is 14.2. The van der Waals surface area contributed by atoms with Gasteiger partial charge in [-0.3, -0.25) is 27.9 Å². The summed E-state index contributed by atoms with van der Waals surface area (Å²) < 4.78 is 59.6. The average molecular weight is 647 g/mol. The Bertz CT molecular complexity index is 1570. The van der Waals surface area contributed by atoms with Crippen LogP contribution >= 0.6 is 18.9 Å². The number of nitrogens with one attached hydrogen (secondary N) is 2. The number of likely N-dealkylation sites (tertiary alicyclic amines) is 1. The van der Waals surface area contributed by atoms with E-state index in [9.17, 15) is 31.9 Å². The lowest BCUT2D eigenvalue weighted by molar-refractivity contribution is -0.150. The topological polar surface area (TPSA) is 168 Å². The average Bonchev–Trinajstić information content (AvgIpc) is 3.48. The number of benzene rings is 1. The zero-order valence-corrected chi connectivity index (χ0v) is 25.4. The van der Waals surface area contributed by atoms with Gasteiger partial charge in [-0.05, 0) is 49.3 Å². The van der Waals surface area contributed by atoms with Gasteiger partial charge in [-0.2, -0.15) is 8.78 Å². The van der Waals surface area contributed by atoms with Crippen molar-refractivity contribution < 1.29 is 41.7 Å². The Hall–Kier alpha value is -2.45. The predicted octanol–water partition coefficient (Wildman–Crippen LogP) is 3.30. The molecule has 3 amide bonds. The smallest absolute Gasteiger partial charge is 0.340 e. The van der Waals surface area contributed by atoms with Crippen molar-refractivity contribution >= 4 is 56.5 Å². The van der Waals surface area contributed by atoms with E-state index in [1.54, 1.807) is 9.80 Å². The Morgan fingerprint density at radius 3 is 2.52 bits per heavy atom. The molecular formula is C26H33F2N4O7PS2. The van der Waals surface area contributed by atoms with Crippen LogP contribution in [0.2, 0.25) is 0 Å². The zero-order valence-electron chi connectivity index (χ0n) is 22.8. The minimum Gasteiger partial charge on any atom is -0.340 e. The first-order valence-electron chi connectivity index (χ1n) is 13.7. The molecule has 2 unspecified atom stereocenters. The highest BCUT2D eigenvalue weighted by Gasteiger charge is 2.50. The van der Waals surface area contributed by atoms with Gasteiger partial charge in [0.1, 0.15) is 12.1 Å². The molecule has 4 atom stereocenters. The van der Waals surface area contributed by atoms with Crippen LogP contribution in [0.25, 0.3) is 10.1 Å². The number of thiophene rings is 1. The second-order valence-electron chi connectivity index (χ2n) is 11.5. The third kappa shape index (κ3) is 6.12. The molecule has 3 aliphatic heterocycles. The Labute approximate surface area is 245 Å². The standard InChI is InChI=1S/C26H33F2N4O7PS2/c1-42(29,39)14-15-12-31(13-15)25(35)20-8-7-18-4-2-3-5-19(24(34)32(18)20)30-23(33)22-11-16-10-17(6-9-21(16)41-22)26(27,28)40(36,37)38/h6,9-11,15,18-20,29H,2-5,7-8,12-14H2,1H3,(H,30,33)(H2,36,37,38)/t18-,19-,20?,42?/m0/s1. The normalized spacial score (nSPS) is 25.4. The van der Waals surface area contributed by atoms with E-state index in [4.69, 9.17) is 14.6 Å². The number of amides is 3. The minimum atomic E-state index is -5.76. The molecule has 0 bridgehead atoms. The van der Waals surface area contributed by atoms with Gasteiger partial charge in [0.25, 0.3) is 5.91 Å². The van der Waals surface area contributed by atoms with Gasteiger partial charge in [-0.1, -0.05) is 18.9 Å². The van der Waals surface area contributed by atoms with Crippen molar-refractivity contribution in [2.75, 3.05) is 25.1 Å². The molecule has 230 valence electrons. The first kappa shape index (κ1) is 31.0. The molecule has 3 fully saturated rings. The summed E-state index contributed by atoms with van der Waals surface area (Å²) in [4.78, 5) is 61.9. The maximum Gasteiger partial charge on any atom is 0.399 e. The van der Waals surface area contributed by atoms with E-state index in [1.165, 1.54) is 18.4 Å². The lowest BCUT2D eigenvalue weighted by Gasteiger charge is -2.43. The predicted molar refractivity (Wildman–Crippen MR) is 153 cm³/mol. The third-order valence-electron chi connectivity index (χ3n) is 8.20. The van der Waals surface area contributed by atoms with Crippen molar-refractivity contribution in [1.82, 2.24) is 15.1 Å². The largest absolute Gasteiger partial charge is 0.399 e. The zero-order chi connectivity index (χ0) is 30.6. The van der Waals surface area contributed by atoms with E-state index in [0.717, 1.165) is 36.3 Å². The first-order chi connectivity index (χ1) is 19.5. The Morgan fingerprint density at radius 1 is 1.17 bits per heavy atom. The van der Waals surface area contributed by atoms with Crippen LogP contribution in [-0.2, 0) is 29.5 Å². The van der Waals surface area contributed by atoms with Crippen molar-refractivity contribution in [3.8, 4) is 0 Å². The van der Waals surface area contributed by atoms with Crippen molar-refractivity contribution in [3.63, 3.8) is 0 Å². The summed E-state index contributed by atoms with van der Waals surface area (Å²) in [5.74, 6) is -0.870. The molecule has 42 heavy (non-hydrogen) atoms. The summed E-state index contributed by atoms with van der Waals surface area (Å²) in [5.41, 5.74) is -5.25. The molecule has 2 aromatic rings. The highest BCUT2D eigenvalue weighted by molar-refractivity contribution is 7.91. The lowest BCUT2D eigenvalue weighted by atomic mass is 9.98. The molecule has 4 N–H and O–H groups in total. The molecule has 1 aromatic heterocycles. The Balaban J connectivity index is 1.30. The molecule has 1 aromatic carbocycles. The van der Waals surface area contributed by atoms with E-state index in [2.05, 4.69) is 5.32 Å². The second-order valence-corrected chi connectivity index (χ2v) is 16.6. The van der Waals surface area contributed by atoms with Crippen LogP contribution < -0.4 is 5.32 Å². The number of rotatable bonds is 7. The molecule has 3 saturated heterocycles. The fourth-order valence-corrected chi connectivity index (χ4v) is 8.70. The van der Waals surface area contributed by atoms with Crippen molar-refractivity contribution in [2.45, 2.75) is 62.3 Å². The van der Waals surface area contributed by atoms with E-state index in [1.807, 2.05) is 0 Å². The van der Waals surface area contributed by atoms with Gasteiger partial charge in [-0.15, -0.1) is 11.3 Å². The summed E-state index contributed by atoms with van der Waals surface area (Å²) in [6, 6.07) is 2.81. The van der Waals surface area contributed by atoms with Crippen molar-refractivity contribution in [1.29, 1.82) is 4.78 Å². The molecule has 0 spiro atoms. The van der Waals surface area contributed by atoms with E-state index in [0.29, 0.717) is 43.5 Å². The van der Waals surface area contributed by atoms with E-state index in [-0.39, 0.29) is 39.8 Å². The molecule has 0 saturated carbocycles. The van der Waals surface area contributed by atoms with Gasteiger partial charge in [0.2, 0.25) is 11.8 Å². The fraction of sp³-hybridized carbons (Fsp3) is 0.577. The van der Waals surface area contributed by atoms with Gasteiger partial charge in [0.15, 0.2) is 0 Å². The van der Waals surface area contributed by atoms with Crippen molar-refractivity contribution in [2.24, 2.45) is 5.92 Å². The number of halogens is 2. The van der Waals surface area contributed by atoms with Gasteiger partial charge in [0, 0.05) is 57.1 Å². The van der Waals surface area contributed by atoms with E-state index < -0.39 is 46.5 Å². The van der Waals surface area contributed by atoms with Gasteiger partial charge in [-0.25, -0.2) is 0 Å². The van der Waals surface area contributed by atoms with Crippen LogP contribution in [0.5, 0.6) is 0 Å². The Kier molecular flexibility index (Phi) is 8.29. The number of alkyl halides is 2. The summed E-state index contributed by atoms with van der Waals surface area (Å²) in [6.07, 6.45) is 5.22. The molecule has 3 aliphatic rings. The SMILES string of the molecule is CS(=N)(=O)CC1CN(C(=O)C2CC[C@@H]3CCCC[C@H](NC(=O)c4cc5cc(C(F)(F)P(=O)(O)O)ccc5s4)C(=O)N23)C1. The molecule has 16 heteroatoms. The van der Waals surface area contributed by atoms with Gasteiger partial charge >= 0.3 is 13.3 Å². The number of hydrogen-bond acceptors (Lipinski definition) is 7. The van der Waals surface area contributed by atoms with Crippen molar-refractivity contribution in [3.05, 3.63) is 34.7 Å². The fourth-order valence-electron chi connectivity index (χ4n) is 6.16. The van der Waals surface area contributed by atoms with E-state index >= 15 is 0 Å². The van der Waals surface area contributed by atoms with Crippen LogP contribution in [0.4, 0.5) is 8.78 Å².